The molecule has 1 amide bonds. The van der Waals surface area contributed by atoms with E-state index < -0.39 is 18.1 Å². The van der Waals surface area contributed by atoms with E-state index in [0.717, 1.165) is 4.88 Å². The fourth-order valence-electron chi connectivity index (χ4n) is 3.55. The van der Waals surface area contributed by atoms with E-state index in [2.05, 4.69) is 25.0 Å². The molecule has 2 aromatic heterocycles. The Labute approximate surface area is 211 Å². The second-order valence-electron chi connectivity index (χ2n) is 7.85. The van der Waals surface area contributed by atoms with E-state index in [4.69, 9.17) is 0 Å². The van der Waals surface area contributed by atoms with Crippen molar-refractivity contribution in [2.75, 3.05) is 5.32 Å². The number of carbonyl (C=O) groups is 1. The van der Waals surface area contributed by atoms with Crippen LogP contribution >= 0.6 is 11.3 Å². The van der Waals surface area contributed by atoms with E-state index in [9.17, 15) is 22.4 Å². The van der Waals surface area contributed by atoms with Gasteiger partial charge in [-0.1, -0.05) is 12.1 Å². The highest BCUT2D eigenvalue weighted by Crippen LogP contribution is 2.30. The molecular weight excluding hydrogens is 508 g/mol. The fourth-order valence-corrected chi connectivity index (χ4v) is 4.47. The van der Waals surface area contributed by atoms with Crippen LogP contribution in [0, 0.1) is 5.82 Å². The van der Waals surface area contributed by atoms with Gasteiger partial charge >= 0.3 is 6.36 Å². The number of anilines is 1. The molecule has 186 valence electrons. The molecule has 5 aromatic rings. The Hall–Kier alpha value is -4.38. The lowest BCUT2D eigenvalue weighted by atomic mass is 10.1. The zero-order chi connectivity index (χ0) is 26.0. The number of fused-ring (bicyclic) bond motifs is 1. The maximum Gasteiger partial charge on any atom is 0.573 e. The van der Waals surface area contributed by atoms with E-state index >= 15 is 0 Å². The summed E-state index contributed by atoms with van der Waals surface area (Å²) in [4.78, 5) is 27.4. The first kappa shape index (κ1) is 24.3. The van der Waals surface area contributed by atoms with Gasteiger partial charge in [-0.15, -0.1) is 24.5 Å². The van der Waals surface area contributed by atoms with Gasteiger partial charge in [0.05, 0.1) is 16.7 Å². The van der Waals surface area contributed by atoms with Crippen LogP contribution in [0.4, 0.5) is 23.2 Å². The maximum atomic E-state index is 13.2. The van der Waals surface area contributed by atoms with Gasteiger partial charge in [0.1, 0.15) is 16.6 Å². The summed E-state index contributed by atoms with van der Waals surface area (Å²) in [5.41, 5.74) is 2.71. The fraction of sp³-hybridized carbons (Fsp3) is 0.0769. The summed E-state index contributed by atoms with van der Waals surface area (Å²) in [6.07, 6.45) is -2.90. The predicted octanol–water partition coefficient (Wildman–Crippen LogP) is 6.63. The number of nitrogens with one attached hydrogen (secondary N) is 1. The lowest BCUT2D eigenvalue weighted by molar-refractivity contribution is -0.274. The van der Waals surface area contributed by atoms with Crippen molar-refractivity contribution >= 4 is 34.0 Å². The monoisotopic (exact) mass is 524 g/mol. The Morgan fingerprint density at radius 1 is 0.919 bits per heavy atom. The van der Waals surface area contributed by atoms with Gasteiger partial charge < -0.3 is 10.1 Å². The van der Waals surface area contributed by atoms with Crippen molar-refractivity contribution in [3.63, 3.8) is 0 Å². The Morgan fingerprint density at radius 3 is 2.27 bits per heavy atom. The van der Waals surface area contributed by atoms with Gasteiger partial charge in [-0.05, 0) is 60.7 Å². The summed E-state index contributed by atoms with van der Waals surface area (Å²) in [7, 11) is 0. The summed E-state index contributed by atoms with van der Waals surface area (Å²) in [6, 6.07) is 17.9. The number of hydrogen-bond donors (Lipinski definition) is 1. The zero-order valence-corrected chi connectivity index (χ0v) is 19.6. The minimum Gasteiger partial charge on any atom is -0.406 e. The molecule has 5 rings (SSSR count). The van der Waals surface area contributed by atoms with E-state index in [1.165, 1.54) is 59.9 Å². The van der Waals surface area contributed by atoms with Gasteiger partial charge in [-0.25, -0.2) is 19.3 Å². The average Bonchev–Trinajstić information content (AvgIpc) is 3.33. The van der Waals surface area contributed by atoms with Crippen molar-refractivity contribution < 1.29 is 27.1 Å². The summed E-state index contributed by atoms with van der Waals surface area (Å²) in [6.45, 7) is 0. The van der Waals surface area contributed by atoms with E-state index in [0.29, 0.717) is 33.0 Å². The van der Waals surface area contributed by atoms with Crippen LogP contribution in [-0.4, -0.2) is 27.2 Å². The highest BCUT2D eigenvalue weighted by Gasteiger charge is 2.31. The third-order valence-electron chi connectivity index (χ3n) is 5.19. The predicted molar refractivity (Wildman–Crippen MR) is 131 cm³/mol. The van der Waals surface area contributed by atoms with Gasteiger partial charge in [-0.3, -0.25) is 4.79 Å². The molecule has 0 aliphatic carbocycles. The number of para-hydroxylation sites is 2. The molecule has 0 bridgehead atoms. The molecular formula is C26H16F4N4O2S. The molecule has 0 saturated carbocycles. The molecule has 3 aromatic carbocycles. The molecule has 11 heteroatoms. The van der Waals surface area contributed by atoms with Gasteiger partial charge in [0.2, 0.25) is 0 Å². The summed E-state index contributed by atoms with van der Waals surface area (Å²) >= 11 is 1.32. The third-order valence-corrected chi connectivity index (χ3v) is 6.24. The molecule has 2 heterocycles. The normalized spacial score (nSPS) is 11.5. The first-order valence-corrected chi connectivity index (χ1v) is 11.7. The van der Waals surface area contributed by atoms with Crippen molar-refractivity contribution in [2.24, 2.45) is 0 Å². The molecule has 0 aliphatic heterocycles. The number of halogens is 4. The molecule has 37 heavy (non-hydrogen) atoms. The zero-order valence-electron chi connectivity index (χ0n) is 18.8. The number of amides is 1. The number of thiazole rings is 1. The van der Waals surface area contributed by atoms with Gasteiger partial charge in [0, 0.05) is 28.7 Å². The van der Waals surface area contributed by atoms with Crippen LogP contribution in [0.3, 0.4) is 0 Å². The lowest BCUT2D eigenvalue weighted by Gasteiger charge is -2.10. The van der Waals surface area contributed by atoms with Crippen molar-refractivity contribution in [1.29, 1.82) is 0 Å². The topological polar surface area (TPSA) is 77.0 Å². The number of nitrogens with zero attached hydrogens (tertiary/aromatic N) is 3. The van der Waals surface area contributed by atoms with Crippen LogP contribution in [0.2, 0.25) is 0 Å². The molecule has 0 atom stereocenters. The van der Waals surface area contributed by atoms with Crippen molar-refractivity contribution in [3.8, 4) is 16.3 Å². The molecule has 0 unspecified atom stereocenters. The number of ether oxygens (including phenoxy) is 1. The van der Waals surface area contributed by atoms with Crippen molar-refractivity contribution in [3.05, 3.63) is 101 Å². The Balaban J connectivity index is 1.41. The first-order valence-electron chi connectivity index (χ1n) is 10.9. The van der Waals surface area contributed by atoms with Gasteiger partial charge in [0.15, 0.2) is 5.69 Å². The lowest BCUT2D eigenvalue weighted by Crippen LogP contribution is -2.17. The molecule has 0 aliphatic rings. The van der Waals surface area contributed by atoms with Gasteiger partial charge in [-0.2, -0.15) is 0 Å². The highest BCUT2D eigenvalue weighted by atomic mass is 32.1. The Morgan fingerprint density at radius 2 is 1.59 bits per heavy atom. The molecule has 0 spiro atoms. The minimum atomic E-state index is -4.77. The van der Waals surface area contributed by atoms with Gasteiger partial charge in [0.25, 0.3) is 5.91 Å². The van der Waals surface area contributed by atoms with E-state index in [1.54, 1.807) is 24.4 Å². The number of carbonyl (C=O) groups excluding carboxylic acids is 1. The number of benzene rings is 3. The van der Waals surface area contributed by atoms with E-state index in [-0.39, 0.29) is 17.9 Å². The highest BCUT2D eigenvalue weighted by molar-refractivity contribution is 7.15. The summed E-state index contributed by atoms with van der Waals surface area (Å²) in [5, 5.41) is 3.30. The number of rotatable bonds is 6. The standard InChI is InChI=1S/C26H16F4N4O2S/c27-16-7-9-17(10-8-16)32-24(35)23-22(33-20-3-1-2-4-21(20)34-23)13-19-14-31-25(37-19)15-5-11-18(12-6-15)36-26(28,29)30/h1-12,14H,13H2,(H,32,35). The minimum absolute atomic E-state index is 0.117. The first-order chi connectivity index (χ1) is 17.7. The molecule has 6 nitrogen and oxygen atoms in total. The Bertz CT molecular complexity index is 1570. The number of alkyl halides is 3. The van der Waals surface area contributed by atoms with Crippen molar-refractivity contribution in [2.45, 2.75) is 12.8 Å². The Kier molecular flexibility index (Phi) is 6.53. The maximum absolute atomic E-state index is 13.2. The van der Waals surface area contributed by atoms with Crippen LogP contribution in [0.1, 0.15) is 21.1 Å². The molecule has 0 fully saturated rings. The van der Waals surface area contributed by atoms with E-state index in [1.807, 2.05) is 6.07 Å². The largest absolute Gasteiger partial charge is 0.573 e. The molecule has 1 N–H and O–H groups in total. The van der Waals surface area contributed by atoms with Crippen molar-refractivity contribution in [1.82, 2.24) is 15.0 Å². The second kappa shape index (κ2) is 9.94. The molecule has 0 saturated heterocycles. The number of aromatic nitrogens is 3. The second-order valence-corrected chi connectivity index (χ2v) is 8.96. The van der Waals surface area contributed by atoms with Crippen LogP contribution in [0.5, 0.6) is 5.75 Å². The van der Waals surface area contributed by atoms with Crippen LogP contribution in [-0.2, 0) is 6.42 Å². The molecule has 0 radical (unpaired) electrons. The van der Waals surface area contributed by atoms with Crippen LogP contribution in [0.25, 0.3) is 21.6 Å². The van der Waals surface area contributed by atoms with Crippen LogP contribution in [0.15, 0.2) is 79.0 Å². The van der Waals surface area contributed by atoms with Crippen LogP contribution < -0.4 is 10.1 Å². The summed E-state index contributed by atoms with van der Waals surface area (Å²) < 4.78 is 54.4. The quantitative estimate of drug-likeness (QED) is 0.252. The smallest absolute Gasteiger partial charge is 0.406 e. The summed E-state index contributed by atoms with van der Waals surface area (Å²) in [5.74, 6) is -1.24. The third kappa shape index (κ3) is 5.89. The average molecular weight is 524 g/mol. The number of hydrogen-bond acceptors (Lipinski definition) is 6. The SMILES string of the molecule is O=C(Nc1ccc(F)cc1)c1nc2ccccc2nc1Cc1cnc(-c2ccc(OC(F)(F)F)cc2)s1.